The van der Waals surface area contributed by atoms with Crippen molar-refractivity contribution in [2.24, 2.45) is 11.7 Å². The lowest BCUT2D eigenvalue weighted by molar-refractivity contribution is 0.244. The smallest absolute Gasteiger partial charge is 0.0768 e. The lowest BCUT2D eigenvalue weighted by Crippen LogP contribution is -2.35. The molecule has 0 aliphatic carbocycles. The highest BCUT2D eigenvalue weighted by atomic mass is 32.1. The summed E-state index contributed by atoms with van der Waals surface area (Å²) >= 11 is 5.03. The topological polar surface area (TPSA) is 32.5 Å². The number of nitrogens with two attached hydrogens (primary N) is 1. The minimum atomic E-state index is 0.330. The average molecular weight is 257 g/mol. The van der Waals surface area contributed by atoms with Crippen molar-refractivity contribution in [3.05, 3.63) is 0 Å². The van der Waals surface area contributed by atoms with Crippen molar-refractivity contribution in [3.63, 3.8) is 0 Å². The molecule has 0 aromatic carbocycles. The van der Waals surface area contributed by atoms with Gasteiger partial charge in [0.2, 0.25) is 0 Å². The lowest BCUT2D eigenvalue weighted by Gasteiger charge is -2.24. The van der Waals surface area contributed by atoms with Crippen molar-refractivity contribution in [1.29, 1.82) is 0 Å². The molecule has 4 heteroatoms. The van der Waals surface area contributed by atoms with Gasteiger partial charge in [0, 0.05) is 12.5 Å². The molecule has 1 heterocycles. The Labute approximate surface area is 111 Å². The number of likely N-dealkylation sites (tertiary alicyclic amines) is 1. The summed E-state index contributed by atoms with van der Waals surface area (Å²) in [7, 11) is 0. The zero-order valence-corrected chi connectivity index (χ0v) is 12.1. The fraction of sp³-hybridized carbons (Fsp3) is 0.923. The molecule has 1 atom stereocenters. The van der Waals surface area contributed by atoms with E-state index >= 15 is 0 Å². The Morgan fingerprint density at radius 1 is 1.41 bits per heavy atom. The number of nitrogens with zero attached hydrogens (tertiary/aromatic N) is 2. The highest BCUT2D eigenvalue weighted by Gasteiger charge is 2.13. The van der Waals surface area contributed by atoms with Crippen LogP contribution in [0.3, 0.4) is 0 Å². The van der Waals surface area contributed by atoms with E-state index in [4.69, 9.17) is 18.0 Å². The molecule has 1 rings (SSSR count). The number of hydrogen-bond acceptors (Lipinski definition) is 3. The highest BCUT2D eigenvalue weighted by Crippen LogP contribution is 2.08. The first-order valence-corrected chi connectivity index (χ1v) is 7.28. The van der Waals surface area contributed by atoms with Crippen molar-refractivity contribution in [3.8, 4) is 0 Å². The molecule has 1 saturated heterocycles. The monoisotopic (exact) mass is 257 g/mol. The summed E-state index contributed by atoms with van der Waals surface area (Å²) in [6.45, 7) is 11.4. The first-order valence-electron chi connectivity index (χ1n) is 6.87. The van der Waals surface area contributed by atoms with E-state index in [-0.39, 0.29) is 0 Å². The van der Waals surface area contributed by atoms with Gasteiger partial charge >= 0.3 is 0 Å². The summed E-state index contributed by atoms with van der Waals surface area (Å²) < 4.78 is 0. The summed E-state index contributed by atoms with van der Waals surface area (Å²) in [6, 6.07) is 0. The number of rotatable bonds is 8. The normalized spacial score (nSPS) is 18.8. The Kier molecular flexibility index (Phi) is 7.00. The predicted molar refractivity (Wildman–Crippen MR) is 78.4 cm³/mol. The molecule has 0 saturated carbocycles. The molecule has 0 aromatic rings. The first kappa shape index (κ1) is 14.9. The Balaban J connectivity index is 2.15. The van der Waals surface area contributed by atoms with Gasteiger partial charge in [-0.1, -0.05) is 26.1 Å². The number of thiocarbonyl (C=S) groups is 1. The van der Waals surface area contributed by atoms with Crippen LogP contribution >= 0.6 is 12.2 Å². The van der Waals surface area contributed by atoms with Crippen LogP contribution in [-0.2, 0) is 0 Å². The van der Waals surface area contributed by atoms with Gasteiger partial charge in [0.1, 0.15) is 0 Å². The van der Waals surface area contributed by atoms with E-state index in [0.29, 0.717) is 10.9 Å². The van der Waals surface area contributed by atoms with E-state index in [9.17, 15) is 0 Å². The average Bonchev–Trinajstić information content (AvgIpc) is 2.80. The molecule has 0 spiro atoms. The Bertz CT molecular complexity index is 227. The minimum absolute atomic E-state index is 0.330. The van der Waals surface area contributed by atoms with E-state index in [1.807, 2.05) is 0 Å². The van der Waals surface area contributed by atoms with E-state index in [1.165, 1.54) is 45.4 Å². The van der Waals surface area contributed by atoms with Crippen LogP contribution in [0.1, 0.15) is 33.1 Å². The zero-order valence-electron chi connectivity index (χ0n) is 11.3. The van der Waals surface area contributed by atoms with Crippen LogP contribution in [0.25, 0.3) is 0 Å². The minimum Gasteiger partial charge on any atom is -0.393 e. The van der Waals surface area contributed by atoms with Crippen molar-refractivity contribution in [2.75, 3.05) is 39.3 Å². The van der Waals surface area contributed by atoms with Gasteiger partial charge in [-0.05, 0) is 52.0 Å². The molecular weight excluding hydrogens is 230 g/mol. The van der Waals surface area contributed by atoms with Crippen LogP contribution in [0, 0.1) is 5.92 Å². The molecule has 2 N–H and O–H groups in total. The van der Waals surface area contributed by atoms with Gasteiger partial charge < -0.3 is 15.5 Å². The van der Waals surface area contributed by atoms with Crippen LogP contribution in [-0.4, -0.2) is 54.1 Å². The highest BCUT2D eigenvalue weighted by molar-refractivity contribution is 7.80. The second kappa shape index (κ2) is 8.01. The van der Waals surface area contributed by atoms with Gasteiger partial charge in [0.25, 0.3) is 0 Å². The SMILES string of the molecule is CCN(CCCN1CCCC1)CC(C)C(N)=S. The molecule has 1 unspecified atom stereocenters. The van der Waals surface area contributed by atoms with Gasteiger partial charge in [-0.15, -0.1) is 0 Å². The summed E-state index contributed by atoms with van der Waals surface area (Å²) in [5, 5.41) is 0. The molecule has 1 aliphatic rings. The molecule has 100 valence electrons. The summed E-state index contributed by atoms with van der Waals surface area (Å²) in [5.41, 5.74) is 5.66. The summed E-state index contributed by atoms with van der Waals surface area (Å²) in [4.78, 5) is 5.67. The van der Waals surface area contributed by atoms with Gasteiger partial charge in [0.15, 0.2) is 0 Å². The summed E-state index contributed by atoms with van der Waals surface area (Å²) in [5.74, 6) is 0.330. The van der Waals surface area contributed by atoms with E-state index < -0.39 is 0 Å². The molecule has 0 bridgehead atoms. The second-order valence-electron chi connectivity index (χ2n) is 5.10. The first-order chi connectivity index (χ1) is 8.13. The predicted octanol–water partition coefficient (Wildman–Crippen LogP) is 1.72. The Hall–Kier alpha value is -0.190. The number of hydrogen-bond donors (Lipinski definition) is 1. The Morgan fingerprint density at radius 2 is 2.06 bits per heavy atom. The van der Waals surface area contributed by atoms with Crippen molar-refractivity contribution in [2.45, 2.75) is 33.1 Å². The zero-order chi connectivity index (χ0) is 12.7. The van der Waals surface area contributed by atoms with Gasteiger partial charge in [0.05, 0.1) is 4.99 Å². The third-order valence-corrected chi connectivity index (χ3v) is 4.01. The largest absolute Gasteiger partial charge is 0.393 e. The van der Waals surface area contributed by atoms with E-state index in [0.717, 1.165) is 13.1 Å². The molecule has 1 fully saturated rings. The van der Waals surface area contributed by atoms with Crippen LogP contribution in [0.2, 0.25) is 0 Å². The lowest BCUT2D eigenvalue weighted by atomic mass is 10.1. The maximum atomic E-state index is 5.66. The van der Waals surface area contributed by atoms with E-state index in [2.05, 4.69) is 23.6 Å². The van der Waals surface area contributed by atoms with Crippen molar-refractivity contribution < 1.29 is 0 Å². The molecule has 0 amide bonds. The van der Waals surface area contributed by atoms with Crippen LogP contribution < -0.4 is 5.73 Å². The molecule has 1 aliphatic heterocycles. The fourth-order valence-corrected chi connectivity index (χ4v) is 2.45. The van der Waals surface area contributed by atoms with Crippen LogP contribution in [0.15, 0.2) is 0 Å². The maximum absolute atomic E-state index is 5.66. The standard InChI is InChI=1S/C13H27N3S/c1-3-15(11-12(2)13(14)17)9-6-10-16-7-4-5-8-16/h12H,3-11H2,1-2H3,(H2,14,17). The van der Waals surface area contributed by atoms with Gasteiger partial charge in [-0.25, -0.2) is 0 Å². The molecule has 3 nitrogen and oxygen atoms in total. The molecule has 0 aromatic heterocycles. The third-order valence-electron chi connectivity index (χ3n) is 3.61. The molecule has 0 radical (unpaired) electrons. The van der Waals surface area contributed by atoms with Gasteiger partial charge in [-0.3, -0.25) is 0 Å². The van der Waals surface area contributed by atoms with E-state index in [1.54, 1.807) is 0 Å². The fourth-order valence-electron chi connectivity index (χ4n) is 2.38. The van der Waals surface area contributed by atoms with Crippen molar-refractivity contribution in [1.82, 2.24) is 9.80 Å². The Morgan fingerprint density at radius 3 is 2.59 bits per heavy atom. The maximum Gasteiger partial charge on any atom is 0.0768 e. The molecular formula is C13H27N3S. The van der Waals surface area contributed by atoms with Crippen LogP contribution in [0.5, 0.6) is 0 Å². The van der Waals surface area contributed by atoms with Crippen LogP contribution in [0.4, 0.5) is 0 Å². The quantitative estimate of drug-likeness (QED) is 0.671. The molecule has 17 heavy (non-hydrogen) atoms. The summed E-state index contributed by atoms with van der Waals surface area (Å²) in [6.07, 6.45) is 4.03. The van der Waals surface area contributed by atoms with Gasteiger partial charge in [-0.2, -0.15) is 0 Å². The third kappa shape index (κ3) is 5.80. The van der Waals surface area contributed by atoms with Crippen molar-refractivity contribution >= 4 is 17.2 Å². The second-order valence-corrected chi connectivity index (χ2v) is 5.57.